The van der Waals surface area contributed by atoms with Gasteiger partial charge in [-0.05, 0) is 60.5 Å². The van der Waals surface area contributed by atoms with E-state index in [2.05, 4.69) is 10.0 Å². The van der Waals surface area contributed by atoms with Crippen LogP contribution < -0.4 is 10.0 Å². The number of carbonyl (C=O) groups is 2. The van der Waals surface area contributed by atoms with Crippen LogP contribution >= 0.6 is 11.6 Å². The molecule has 0 saturated heterocycles. The van der Waals surface area contributed by atoms with Crippen LogP contribution in [0.2, 0.25) is 5.02 Å². The smallest absolute Gasteiger partial charge is 0.338 e. The number of esters is 1. The second-order valence-electron chi connectivity index (χ2n) is 6.80. The molecule has 0 aliphatic carbocycles. The lowest BCUT2D eigenvalue weighted by Gasteiger charge is -2.09. The molecule has 0 unspecified atom stereocenters. The predicted octanol–water partition coefficient (Wildman–Crippen LogP) is 3.66. The number of sulfonamides is 1. The van der Waals surface area contributed by atoms with E-state index in [9.17, 15) is 18.0 Å². The van der Waals surface area contributed by atoms with Crippen LogP contribution in [0, 0.1) is 0 Å². The Kier molecular flexibility index (Phi) is 7.86. The zero-order chi connectivity index (χ0) is 23.0. The summed E-state index contributed by atoms with van der Waals surface area (Å²) < 4.78 is 32.3. The Bertz CT molecular complexity index is 1170. The lowest BCUT2D eigenvalue weighted by molar-refractivity contribution is -0.124. The third-order valence-electron chi connectivity index (χ3n) is 4.41. The number of hydrogen-bond acceptors (Lipinski definition) is 5. The van der Waals surface area contributed by atoms with Crippen molar-refractivity contribution in [1.29, 1.82) is 0 Å². The topological polar surface area (TPSA) is 102 Å². The minimum Gasteiger partial charge on any atom is -0.452 e. The molecular weight excluding hydrogens is 452 g/mol. The van der Waals surface area contributed by atoms with Gasteiger partial charge in [0.05, 0.1) is 10.5 Å². The Morgan fingerprint density at radius 1 is 0.875 bits per heavy atom. The maximum absolute atomic E-state index is 12.4. The summed E-state index contributed by atoms with van der Waals surface area (Å²) >= 11 is 5.83. The van der Waals surface area contributed by atoms with Crippen LogP contribution in [0.25, 0.3) is 0 Å². The Morgan fingerprint density at radius 2 is 1.53 bits per heavy atom. The molecule has 0 heterocycles. The van der Waals surface area contributed by atoms with Gasteiger partial charge in [-0.2, -0.15) is 0 Å². The molecule has 9 heteroatoms. The van der Waals surface area contributed by atoms with Gasteiger partial charge in [-0.3, -0.25) is 9.52 Å². The van der Waals surface area contributed by atoms with Crippen LogP contribution in [0.5, 0.6) is 0 Å². The minimum absolute atomic E-state index is 0.00199. The van der Waals surface area contributed by atoms with Gasteiger partial charge < -0.3 is 10.1 Å². The van der Waals surface area contributed by atoms with Crippen molar-refractivity contribution < 1.29 is 22.7 Å². The van der Waals surface area contributed by atoms with Gasteiger partial charge >= 0.3 is 5.97 Å². The second kappa shape index (κ2) is 10.8. The van der Waals surface area contributed by atoms with Crippen LogP contribution in [0.1, 0.15) is 15.9 Å². The number of amides is 1. The van der Waals surface area contributed by atoms with E-state index in [-0.39, 0.29) is 10.5 Å². The fraction of sp³-hybridized carbons (Fsp3) is 0.130. The zero-order valence-corrected chi connectivity index (χ0v) is 18.5. The molecule has 0 aliphatic heterocycles. The molecule has 0 atom stereocenters. The SMILES string of the molecule is O=C(COC(=O)c1ccc(S(=O)(=O)Nc2ccccc2)cc1)NCCc1ccc(Cl)cc1. The van der Waals surface area contributed by atoms with Crippen molar-refractivity contribution >= 4 is 39.2 Å². The van der Waals surface area contributed by atoms with Crippen molar-refractivity contribution in [3.05, 3.63) is 95.0 Å². The molecule has 0 aliphatic rings. The van der Waals surface area contributed by atoms with E-state index in [0.717, 1.165) is 5.56 Å². The molecule has 3 rings (SSSR count). The minimum atomic E-state index is -3.79. The summed E-state index contributed by atoms with van der Waals surface area (Å²) in [5, 5.41) is 3.31. The van der Waals surface area contributed by atoms with Crippen molar-refractivity contribution in [1.82, 2.24) is 5.32 Å². The van der Waals surface area contributed by atoms with E-state index in [4.69, 9.17) is 16.3 Å². The Balaban J connectivity index is 1.46. The highest BCUT2D eigenvalue weighted by Gasteiger charge is 2.16. The summed E-state index contributed by atoms with van der Waals surface area (Å²) in [7, 11) is -3.79. The van der Waals surface area contributed by atoms with Crippen LogP contribution in [0.3, 0.4) is 0 Å². The molecule has 0 fully saturated rings. The molecule has 32 heavy (non-hydrogen) atoms. The molecule has 2 N–H and O–H groups in total. The quantitative estimate of drug-likeness (QED) is 0.463. The lowest BCUT2D eigenvalue weighted by atomic mass is 10.1. The van der Waals surface area contributed by atoms with Crippen molar-refractivity contribution in [2.75, 3.05) is 17.9 Å². The average Bonchev–Trinajstić information content (AvgIpc) is 2.79. The third kappa shape index (κ3) is 6.83. The summed E-state index contributed by atoms with van der Waals surface area (Å²) in [6, 6.07) is 21.0. The molecule has 0 saturated carbocycles. The van der Waals surface area contributed by atoms with E-state index < -0.39 is 28.5 Å². The number of anilines is 1. The first-order valence-corrected chi connectivity index (χ1v) is 11.6. The highest BCUT2D eigenvalue weighted by molar-refractivity contribution is 7.92. The zero-order valence-electron chi connectivity index (χ0n) is 17.0. The number of hydrogen-bond donors (Lipinski definition) is 2. The van der Waals surface area contributed by atoms with E-state index in [1.165, 1.54) is 24.3 Å². The second-order valence-corrected chi connectivity index (χ2v) is 8.92. The molecule has 0 bridgehead atoms. The van der Waals surface area contributed by atoms with E-state index in [0.29, 0.717) is 23.7 Å². The van der Waals surface area contributed by atoms with E-state index in [1.54, 1.807) is 42.5 Å². The largest absolute Gasteiger partial charge is 0.452 e. The van der Waals surface area contributed by atoms with Crippen LogP contribution in [-0.2, 0) is 26.0 Å². The summed E-state index contributed by atoms with van der Waals surface area (Å²) in [6.45, 7) is -0.0476. The fourth-order valence-corrected chi connectivity index (χ4v) is 3.94. The van der Waals surface area contributed by atoms with Gasteiger partial charge in [0.15, 0.2) is 6.61 Å². The van der Waals surface area contributed by atoms with Gasteiger partial charge in [0.25, 0.3) is 15.9 Å². The van der Waals surface area contributed by atoms with Crippen LogP contribution in [-0.4, -0.2) is 33.4 Å². The maximum atomic E-state index is 12.4. The van der Waals surface area contributed by atoms with Crippen LogP contribution in [0.4, 0.5) is 5.69 Å². The first-order chi connectivity index (χ1) is 15.3. The van der Waals surface area contributed by atoms with Gasteiger partial charge in [0, 0.05) is 17.3 Å². The van der Waals surface area contributed by atoms with E-state index in [1.807, 2.05) is 12.1 Å². The summed E-state index contributed by atoms with van der Waals surface area (Å²) in [6.07, 6.45) is 0.615. The van der Waals surface area contributed by atoms with Gasteiger partial charge in [0.2, 0.25) is 0 Å². The van der Waals surface area contributed by atoms with Gasteiger partial charge in [-0.15, -0.1) is 0 Å². The molecular formula is C23H21ClN2O5S. The first kappa shape index (κ1) is 23.3. The normalized spacial score (nSPS) is 10.9. The standard InChI is InChI=1S/C23H21ClN2O5S/c24-19-10-6-17(7-11-19)14-15-25-22(27)16-31-23(28)18-8-12-21(13-9-18)32(29,30)26-20-4-2-1-3-5-20/h1-13,26H,14-16H2,(H,25,27). The molecule has 166 valence electrons. The number of ether oxygens (including phenoxy) is 1. The number of benzene rings is 3. The molecule has 3 aromatic carbocycles. The number of rotatable bonds is 9. The predicted molar refractivity (Wildman–Crippen MR) is 122 cm³/mol. The molecule has 3 aromatic rings. The van der Waals surface area contributed by atoms with Gasteiger partial charge in [-0.25, -0.2) is 13.2 Å². The summed E-state index contributed by atoms with van der Waals surface area (Å²) in [5.74, 6) is -1.16. The fourth-order valence-electron chi connectivity index (χ4n) is 2.75. The molecule has 7 nitrogen and oxygen atoms in total. The van der Waals surface area contributed by atoms with Crippen molar-refractivity contribution in [3.63, 3.8) is 0 Å². The molecule has 0 spiro atoms. The molecule has 0 radical (unpaired) electrons. The Morgan fingerprint density at radius 3 is 2.19 bits per heavy atom. The molecule has 1 amide bonds. The number of carbonyl (C=O) groups excluding carboxylic acids is 2. The highest BCUT2D eigenvalue weighted by Crippen LogP contribution is 2.16. The van der Waals surface area contributed by atoms with Crippen LogP contribution in [0.15, 0.2) is 83.8 Å². The number of para-hydroxylation sites is 1. The first-order valence-electron chi connectivity index (χ1n) is 9.70. The van der Waals surface area contributed by atoms with Crippen molar-refractivity contribution in [2.24, 2.45) is 0 Å². The monoisotopic (exact) mass is 472 g/mol. The summed E-state index contributed by atoms with van der Waals surface area (Å²) in [4.78, 5) is 24.0. The lowest BCUT2D eigenvalue weighted by Crippen LogP contribution is -2.30. The maximum Gasteiger partial charge on any atom is 0.338 e. The molecule has 0 aromatic heterocycles. The number of halogens is 1. The van der Waals surface area contributed by atoms with Gasteiger partial charge in [0.1, 0.15) is 0 Å². The van der Waals surface area contributed by atoms with Crippen molar-refractivity contribution in [3.8, 4) is 0 Å². The van der Waals surface area contributed by atoms with E-state index >= 15 is 0 Å². The average molecular weight is 473 g/mol. The summed E-state index contributed by atoms with van der Waals surface area (Å²) in [5.41, 5.74) is 1.58. The Labute approximate surface area is 191 Å². The van der Waals surface area contributed by atoms with Crippen molar-refractivity contribution in [2.45, 2.75) is 11.3 Å². The Hall–Kier alpha value is -3.36. The third-order valence-corrected chi connectivity index (χ3v) is 6.06. The van der Waals surface area contributed by atoms with Gasteiger partial charge in [-0.1, -0.05) is 41.9 Å². The number of nitrogens with one attached hydrogen (secondary N) is 2. The highest BCUT2D eigenvalue weighted by atomic mass is 35.5.